The molecule has 1 aliphatic rings. The molecule has 0 aromatic heterocycles. The van der Waals surface area contributed by atoms with Gasteiger partial charge in [-0.3, -0.25) is 4.79 Å². The fourth-order valence-corrected chi connectivity index (χ4v) is 4.73. The third-order valence-electron chi connectivity index (χ3n) is 6.33. The average molecular weight is 479 g/mol. The Bertz CT molecular complexity index is 1020. The Hall–Kier alpha value is -2.88. The maximum Gasteiger partial charge on any atom is 0.306 e. The van der Waals surface area contributed by atoms with Crippen molar-refractivity contribution in [2.45, 2.75) is 77.5 Å². The van der Waals surface area contributed by atoms with E-state index in [2.05, 4.69) is 49.5 Å². The second-order valence-electron chi connectivity index (χ2n) is 10.5. The number of ether oxygens (including phenoxy) is 2. The van der Waals surface area contributed by atoms with Gasteiger partial charge in [0.15, 0.2) is 0 Å². The van der Waals surface area contributed by atoms with Gasteiger partial charge in [-0.1, -0.05) is 30.3 Å². The minimum absolute atomic E-state index is 0.0749. The SMILES string of the molecule is CC(C)OC(=O)CCc1ccc(C#N)c(OC[C@H](O)CNC(C)(C)CC2Cc3ccccc3C2)c1. The molecule has 1 atom stereocenters. The van der Waals surface area contributed by atoms with Gasteiger partial charge in [0.05, 0.1) is 11.7 Å². The summed E-state index contributed by atoms with van der Waals surface area (Å²) >= 11 is 0. The molecule has 0 saturated heterocycles. The molecule has 2 aromatic carbocycles. The summed E-state index contributed by atoms with van der Waals surface area (Å²) < 4.78 is 11.0. The van der Waals surface area contributed by atoms with Crippen molar-refractivity contribution in [3.63, 3.8) is 0 Å². The normalized spacial score (nSPS) is 14.4. The number of esters is 1. The van der Waals surface area contributed by atoms with Gasteiger partial charge < -0.3 is 19.9 Å². The molecule has 0 aliphatic heterocycles. The average Bonchev–Trinajstić information content (AvgIpc) is 3.21. The second-order valence-corrected chi connectivity index (χ2v) is 10.5. The van der Waals surface area contributed by atoms with Crippen molar-refractivity contribution in [2.24, 2.45) is 5.92 Å². The van der Waals surface area contributed by atoms with Crippen LogP contribution in [0.5, 0.6) is 5.75 Å². The molecule has 0 unspecified atom stereocenters. The standard InChI is InChI=1S/C29H38N2O4/c1-20(2)35-28(33)12-10-21-9-11-25(17-30)27(15-21)34-19-26(32)18-31-29(3,4)16-22-13-23-7-5-6-8-24(23)14-22/h5-9,11,15,20,22,26,31-32H,10,12-14,16,18-19H2,1-4H3/t26-/m1/s1. The number of carbonyl (C=O) groups excluding carboxylic acids is 1. The number of carbonyl (C=O) groups is 1. The summed E-state index contributed by atoms with van der Waals surface area (Å²) in [5, 5.41) is 23.5. The first-order valence-corrected chi connectivity index (χ1v) is 12.5. The number of aliphatic hydroxyl groups is 1. The first kappa shape index (κ1) is 26.7. The van der Waals surface area contributed by atoms with E-state index in [-0.39, 0.29) is 30.6 Å². The van der Waals surface area contributed by atoms with Gasteiger partial charge in [-0.25, -0.2) is 0 Å². The van der Waals surface area contributed by atoms with Crippen LogP contribution < -0.4 is 10.1 Å². The smallest absolute Gasteiger partial charge is 0.306 e. The van der Waals surface area contributed by atoms with Crippen molar-refractivity contribution in [2.75, 3.05) is 13.2 Å². The third-order valence-corrected chi connectivity index (χ3v) is 6.33. The van der Waals surface area contributed by atoms with E-state index in [1.807, 2.05) is 19.9 Å². The number of nitrogens with one attached hydrogen (secondary N) is 1. The summed E-state index contributed by atoms with van der Waals surface area (Å²) in [6.07, 6.45) is 3.14. The lowest BCUT2D eigenvalue weighted by molar-refractivity contribution is -0.147. The predicted molar refractivity (Wildman–Crippen MR) is 136 cm³/mol. The van der Waals surface area contributed by atoms with Gasteiger partial charge in [0.25, 0.3) is 0 Å². The van der Waals surface area contributed by atoms with Gasteiger partial charge in [-0.05, 0) is 88.1 Å². The lowest BCUT2D eigenvalue weighted by atomic mass is 9.88. The van der Waals surface area contributed by atoms with Gasteiger partial charge in [0.2, 0.25) is 0 Å². The maximum atomic E-state index is 11.8. The van der Waals surface area contributed by atoms with Crippen LogP contribution >= 0.6 is 0 Å². The number of benzene rings is 2. The topological polar surface area (TPSA) is 91.6 Å². The van der Waals surface area contributed by atoms with Crippen LogP contribution in [0.3, 0.4) is 0 Å². The zero-order valence-electron chi connectivity index (χ0n) is 21.3. The molecule has 0 heterocycles. The van der Waals surface area contributed by atoms with Crippen LogP contribution in [0.15, 0.2) is 42.5 Å². The molecule has 1 aliphatic carbocycles. The predicted octanol–water partition coefficient (Wildman–Crippen LogP) is 4.36. The van der Waals surface area contributed by atoms with Crippen LogP contribution in [-0.2, 0) is 28.8 Å². The highest BCUT2D eigenvalue weighted by atomic mass is 16.5. The number of hydrogen-bond donors (Lipinski definition) is 2. The van der Waals surface area contributed by atoms with Crippen molar-refractivity contribution in [1.82, 2.24) is 5.32 Å². The van der Waals surface area contributed by atoms with Crippen LogP contribution in [0.4, 0.5) is 0 Å². The van der Waals surface area contributed by atoms with Crippen molar-refractivity contribution in [3.05, 3.63) is 64.7 Å². The highest BCUT2D eigenvalue weighted by Crippen LogP contribution is 2.31. The van der Waals surface area contributed by atoms with E-state index in [9.17, 15) is 15.2 Å². The highest BCUT2D eigenvalue weighted by Gasteiger charge is 2.28. The molecule has 0 bridgehead atoms. The first-order valence-electron chi connectivity index (χ1n) is 12.5. The van der Waals surface area contributed by atoms with E-state index in [1.54, 1.807) is 12.1 Å². The Kier molecular flexibility index (Phi) is 9.31. The summed E-state index contributed by atoms with van der Waals surface area (Å²) in [5.74, 6) is 0.767. The fourth-order valence-electron chi connectivity index (χ4n) is 4.73. The molecule has 0 saturated carbocycles. The molecule has 188 valence electrons. The molecular formula is C29H38N2O4. The lowest BCUT2D eigenvalue weighted by Crippen LogP contribution is -2.46. The molecule has 3 rings (SSSR count). The van der Waals surface area contributed by atoms with Gasteiger partial charge in [-0.2, -0.15) is 5.26 Å². The zero-order valence-corrected chi connectivity index (χ0v) is 21.3. The second kappa shape index (κ2) is 12.2. The fraction of sp³-hybridized carbons (Fsp3) is 0.517. The Morgan fingerprint density at radius 3 is 2.51 bits per heavy atom. The first-order chi connectivity index (χ1) is 16.6. The number of hydrogen-bond acceptors (Lipinski definition) is 6. The van der Waals surface area contributed by atoms with Crippen LogP contribution in [0.2, 0.25) is 0 Å². The van der Waals surface area contributed by atoms with Crippen molar-refractivity contribution in [1.29, 1.82) is 5.26 Å². The molecular weight excluding hydrogens is 440 g/mol. The minimum atomic E-state index is -0.716. The molecule has 0 amide bonds. The molecule has 0 fully saturated rings. The van der Waals surface area contributed by atoms with E-state index >= 15 is 0 Å². The Morgan fingerprint density at radius 2 is 1.89 bits per heavy atom. The summed E-state index contributed by atoms with van der Waals surface area (Å²) in [4.78, 5) is 11.8. The van der Waals surface area contributed by atoms with Crippen LogP contribution in [0, 0.1) is 17.2 Å². The molecule has 0 radical (unpaired) electrons. The molecule has 2 aromatic rings. The van der Waals surface area contributed by atoms with Crippen LogP contribution in [0.1, 0.15) is 62.8 Å². The number of aliphatic hydroxyl groups excluding tert-OH is 1. The molecule has 35 heavy (non-hydrogen) atoms. The Balaban J connectivity index is 1.46. The van der Waals surface area contributed by atoms with E-state index in [1.165, 1.54) is 11.1 Å². The van der Waals surface area contributed by atoms with Gasteiger partial charge in [0.1, 0.15) is 24.5 Å². The van der Waals surface area contributed by atoms with E-state index in [0.29, 0.717) is 30.2 Å². The van der Waals surface area contributed by atoms with Gasteiger partial charge >= 0.3 is 5.97 Å². The monoisotopic (exact) mass is 478 g/mol. The third kappa shape index (κ3) is 8.38. The summed E-state index contributed by atoms with van der Waals surface area (Å²) in [5.41, 5.74) is 4.07. The number of nitrogens with zero attached hydrogens (tertiary/aromatic N) is 1. The number of aryl methyl sites for hydroxylation is 1. The molecule has 6 heteroatoms. The van der Waals surface area contributed by atoms with Gasteiger partial charge in [-0.15, -0.1) is 0 Å². The Morgan fingerprint density at radius 1 is 1.20 bits per heavy atom. The molecule has 6 nitrogen and oxygen atoms in total. The lowest BCUT2D eigenvalue weighted by Gasteiger charge is -2.30. The van der Waals surface area contributed by atoms with Gasteiger partial charge in [0, 0.05) is 18.5 Å². The summed E-state index contributed by atoms with van der Waals surface area (Å²) in [7, 11) is 0. The van der Waals surface area contributed by atoms with Crippen molar-refractivity contribution < 1.29 is 19.4 Å². The number of fused-ring (bicyclic) bond motifs is 1. The highest BCUT2D eigenvalue weighted by molar-refractivity contribution is 5.70. The van der Waals surface area contributed by atoms with Crippen LogP contribution in [-0.4, -0.2) is 42.0 Å². The quantitative estimate of drug-likeness (QED) is 0.441. The molecule has 2 N–H and O–H groups in total. The minimum Gasteiger partial charge on any atom is -0.489 e. The van der Waals surface area contributed by atoms with Crippen LogP contribution in [0.25, 0.3) is 0 Å². The number of nitriles is 1. The Labute approximate surface area is 209 Å². The zero-order chi connectivity index (χ0) is 25.4. The van der Waals surface area contributed by atoms with E-state index in [4.69, 9.17) is 9.47 Å². The van der Waals surface area contributed by atoms with E-state index in [0.717, 1.165) is 24.8 Å². The molecule has 0 spiro atoms. The summed E-state index contributed by atoms with van der Waals surface area (Å²) in [6, 6.07) is 16.1. The maximum absolute atomic E-state index is 11.8. The largest absolute Gasteiger partial charge is 0.489 e. The number of rotatable bonds is 12. The summed E-state index contributed by atoms with van der Waals surface area (Å²) in [6.45, 7) is 8.46. The van der Waals surface area contributed by atoms with Crippen molar-refractivity contribution >= 4 is 5.97 Å². The van der Waals surface area contributed by atoms with E-state index < -0.39 is 6.10 Å². The van der Waals surface area contributed by atoms with Crippen molar-refractivity contribution in [3.8, 4) is 11.8 Å². The number of β-amino-alcohol motifs (C(OH)–C–C–N with tert-alkyl or cyclic N) is 1.